The number of carbonyl (C=O) groups is 1. The lowest BCUT2D eigenvalue weighted by Gasteiger charge is -2.26. The molecule has 3 rings (SSSR count). The molecule has 0 radical (unpaired) electrons. The van der Waals surface area contributed by atoms with Gasteiger partial charge in [-0.3, -0.25) is 9.69 Å². The molecule has 1 aromatic rings. The van der Waals surface area contributed by atoms with Gasteiger partial charge in [-0.1, -0.05) is 25.0 Å². The molecule has 0 aromatic heterocycles. The van der Waals surface area contributed by atoms with E-state index in [1.54, 1.807) is 12.1 Å². The van der Waals surface area contributed by atoms with E-state index in [0.717, 1.165) is 31.4 Å². The van der Waals surface area contributed by atoms with E-state index in [0.29, 0.717) is 19.0 Å². The zero-order chi connectivity index (χ0) is 16.2. The van der Waals surface area contributed by atoms with Crippen LogP contribution in [-0.4, -0.2) is 41.7 Å². The Bertz CT molecular complexity index is 528. The summed E-state index contributed by atoms with van der Waals surface area (Å²) in [5, 5.41) is 12.7. The minimum absolute atomic E-state index is 0.0136. The van der Waals surface area contributed by atoms with Crippen molar-refractivity contribution in [3.05, 3.63) is 35.6 Å². The van der Waals surface area contributed by atoms with Crippen LogP contribution in [-0.2, 0) is 4.79 Å². The summed E-state index contributed by atoms with van der Waals surface area (Å²) in [5.41, 5.74) is 0.980. The minimum Gasteiger partial charge on any atom is -0.392 e. The first-order valence-corrected chi connectivity index (χ1v) is 8.57. The van der Waals surface area contributed by atoms with Crippen molar-refractivity contribution in [2.45, 2.75) is 44.2 Å². The Kier molecular flexibility index (Phi) is 5.28. The van der Waals surface area contributed by atoms with Crippen LogP contribution in [0.2, 0.25) is 0 Å². The maximum Gasteiger partial charge on any atom is 0.234 e. The number of carbonyl (C=O) groups excluding carboxylic acids is 1. The second-order valence-corrected chi connectivity index (χ2v) is 6.82. The van der Waals surface area contributed by atoms with Crippen molar-refractivity contribution < 1.29 is 14.3 Å². The van der Waals surface area contributed by atoms with Gasteiger partial charge in [0.15, 0.2) is 0 Å². The first kappa shape index (κ1) is 16.4. The zero-order valence-corrected chi connectivity index (χ0v) is 13.4. The van der Waals surface area contributed by atoms with Gasteiger partial charge >= 0.3 is 0 Å². The van der Waals surface area contributed by atoms with Crippen molar-refractivity contribution in [1.82, 2.24) is 10.2 Å². The van der Waals surface area contributed by atoms with Crippen LogP contribution in [0, 0.1) is 11.7 Å². The minimum atomic E-state index is -0.314. The number of hydrogen-bond acceptors (Lipinski definition) is 3. The number of hydrogen-bond donors (Lipinski definition) is 2. The molecule has 0 spiro atoms. The Balaban J connectivity index is 1.65. The first-order valence-electron chi connectivity index (χ1n) is 8.57. The van der Waals surface area contributed by atoms with Gasteiger partial charge in [0, 0.05) is 13.1 Å². The van der Waals surface area contributed by atoms with Gasteiger partial charge in [-0.15, -0.1) is 0 Å². The molecule has 4 nitrogen and oxygen atoms in total. The summed E-state index contributed by atoms with van der Waals surface area (Å²) in [4.78, 5) is 14.4. The van der Waals surface area contributed by atoms with Gasteiger partial charge in [-0.05, 0) is 42.9 Å². The summed E-state index contributed by atoms with van der Waals surface area (Å²) >= 11 is 0. The fourth-order valence-electron chi connectivity index (χ4n) is 3.81. The van der Waals surface area contributed by atoms with Gasteiger partial charge in [0.2, 0.25) is 5.91 Å². The van der Waals surface area contributed by atoms with Crippen molar-refractivity contribution in [3.63, 3.8) is 0 Å². The van der Waals surface area contributed by atoms with Gasteiger partial charge < -0.3 is 10.4 Å². The highest BCUT2D eigenvalue weighted by Crippen LogP contribution is 2.35. The number of likely N-dealkylation sites (tertiary alicyclic amines) is 1. The zero-order valence-electron chi connectivity index (χ0n) is 13.4. The number of aliphatic hydroxyl groups excluding tert-OH is 1. The molecule has 1 unspecified atom stereocenters. The summed E-state index contributed by atoms with van der Waals surface area (Å²) in [6, 6.07) is 6.43. The summed E-state index contributed by atoms with van der Waals surface area (Å²) in [6.45, 7) is 1.65. The average molecular weight is 320 g/mol. The van der Waals surface area contributed by atoms with E-state index < -0.39 is 0 Å². The quantitative estimate of drug-likeness (QED) is 0.875. The second-order valence-electron chi connectivity index (χ2n) is 6.82. The largest absolute Gasteiger partial charge is 0.392 e. The molecule has 1 aliphatic heterocycles. The molecule has 2 atom stereocenters. The number of nitrogens with one attached hydrogen (secondary N) is 1. The number of benzene rings is 1. The highest BCUT2D eigenvalue weighted by Gasteiger charge is 2.29. The van der Waals surface area contributed by atoms with Crippen LogP contribution in [0.15, 0.2) is 24.3 Å². The predicted molar refractivity (Wildman–Crippen MR) is 86.3 cm³/mol. The van der Waals surface area contributed by atoms with E-state index in [9.17, 15) is 14.3 Å². The number of halogens is 1. The lowest BCUT2D eigenvalue weighted by atomic mass is 9.91. The van der Waals surface area contributed by atoms with Crippen molar-refractivity contribution in [1.29, 1.82) is 0 Å². The maximum absolute atomic E-state index is 13.2. The SMILES string of the molecule is O=C(CN1CC[C@@H](O)C1)NC(c1ccc(F)cc1)C1CCCC1. The third-order valence-electron chi connectivity index (χ3n) is 5.03. The second kappa shape index (κ2) is 7.41. The number of aliphatic hydroxyl groups is 1. The van der Waals surface area contributed by atoms with Gasteiger partial charge in [0.05, 0.1) is 18.7 Å². The Morgan fingerprint density at radius 1 is 1.26 bits per heavy atom. The van der Waals surface area contributed by atoms with Crippen LogP contribution in [0.25, 0.3) is 0 Å². The molecule has 1 amide bonds. The van der Waals surface area contributed by atoms with Crippen LogP contribution in [0.5, 0.6) is 0 Å². The highest BCUT2D eigenvalue weighted by molar-refractivity contribution is 5.78. The molecule has 2 fully saturated rings. The van der Waals surface area contributed by atoms with Crippen LogP contribution in [0.3, 0.4) is 0 Å². The van der Waals surface area contributed by atoms with Crippen molar-refractivity contribution in [2.24, 2.45) is 5.92 Å². The molecule has 1 saturated carbocycles. The molecular weight excluding hydrogens is 295 g/mol. The monoisotopic (exact) mass is 320 g/mol. The normalized spacial score (nSPS) is 24.0. The molecule has 5 heteroatoms. The van der Waals surface area contributed by atoms with Crippen LogP contribution >= 0.6 is 0 Å². The summed E-state index contributed by atoms with van der Waals surface area (Å²) in [6.07, 6.45) is 5.01. The smallest absolute Gasteiger partial charge is 0.234 e. The maximum atomic E-state index is 13.2. The summed E-state index contributed by atoms with van der Waals surface area (Å²) < 4.78 is 13.2. The molecule has 0 bridgehead atoms. The summed E-state index contributed by atoms with van der Waals surface area (Å²) in [5.74, 6) is 0.158. The molecule has 1 aromatic carbocycles. The molecule has 2 N–H and O–H groups in total. The topological polar surface area (TPSA) is 52.6 Å². The number of amides is 1. The number of β-amino-alcohol motifs (C(OH)–C–C–N with tert-alkyl or cyclic N) is 1. The third-order valence-corrected chi connectivity index (χ3v) is 5.03. The fourth-order valence-corrected chi connectivity index (χ4v) is 3.81. The van der Waals surface area contributed by atoms with E-state index in [-0.39, 0.29) is 23.9 Å². The lowest BCUT2D eigenvalue weighted by Crippen LogP contribution is -2.40. The summed E-state index contributed by atoms with van der Waals surface area (Å²) in [7, 11) is 0. The average Bonchev–Trinajstić information content (AvgIpc) is 3.18. The van der Waals surface area contributed by atoms with Gasteiger partial charge in [-0.25, -0.2) is 4.39 Å². The molecule has 23 heavy (non-hydrogen) atoms. The van der Waals surface area contributed by atoms with Crippen molar-refractivity contribution in [2.75, 3.05) is 19.6 Å². The molecule has 126 valence electrons. The molecule has 1 saturated heterocycles. The molecule has 2 aliphatic rings. The van der Waals surface area contributed by atoms with Crippen molar-refractivity contribution >= 4 is 5.91 Å². The highest BCUT2D eigenvalue weighted by atomic mass is 19.1. The van der Waals surface area contributed by atoms with Crippen molar-refractivity contribution in [3.8, 4) is 0 Å². The van der Waals surface area contributed by atoms with Crippen LogP contribution in [0.4, 0.5) is 4.39 Å². The third kappa shape index (κ3) is 4.30. The van der Waals surface area contributed by atoms with E-state index in [4.69, 9.17) is 0 Å². The van der Waals surface area contributed by atoms with Gasteiger partial charge in [-0.2, -0.15) is 0 Å². The Morgan fingerprint density at radius 2 is 1.96 bits per heavy atom. The van der Waals surface area contributed by atoms with E-state index in [2.05, 4.69) is 5.32 Å². The number of rotatable bonds is 5. The first-order chi connectivity index (χ1) is 11.1. The molecule has 1 heterocycles. The molecular formula is C18H25FN2O2. The van der Waals surface area contributed by atoms with Gasteiger partial charge in [0.1, 0.15) is 5.82 Å². The Morgan fingerprint density at radius 3 is 2.57 bits per heavy atom. The van der Waals surface area contributed by atoms with E-state index >= 15 is 0 Å². The Hall–Kier alpha value is -1.46. The molecule has 1 aliphatic carbocycles. The Labute approximate surface area is 136 Å². The lowest BCUT2D eigenvalue weighted by molar-refractivity contribution is -0.123. The predicted octanol–water partition coefficient (Wildman–Crippen LogP) is 2.24. The van der Waals surface area contributed by atoms with E-state index in [1.807, 2.05) is 4.90 Å². The fraction of sp³-hybridized carbons (Fsp3) is 0.611. The number of nitrogens with zero attached hydrogens (tertiary/aromatic N) is 1. The standard InChI is InChI=1S/C18H25FN2O2/c19-15-7-5-14(6-8-15)18(13-3-1-2-4-13)20-17(23)12-21-10-9-16(22)11-21/h5-8,13,16,18,22H,1-4,9-12H2,(H,20,23)/t16-,18?/m1/s1. The van der Waals surface area contributed by atoms with E-state index in [1.165, 1.54) is 25.0 Å². The van der Waals surface area contributed by atoms with Crippen LogP contribution in [0.1, 0.15) is 43.7 Å². The van der Waals surface area contributed by atoms with Crippen LogP contribution < -0.4 is 5.32 Å². The van der Waals surface area contributed by atoms with Gasteiger partial charge in [0.25, 0.3) is 0 Å².